The van der Waals surface area contributed by atoms with Gasteiger partial charge in [-0.2, -0.15) is 4.39 Å². The molecule has 0 amide bonds. The van der Waals surface area contributed by atoms with Crippen LogP contribution in [0.5, 0.6) is 0 Å². The number of halogens is 2. The third-order valence-corrected chi connectivity index (χ3v) is 3.66. The first kappa shape index (κ1) is 14.6. The van der Waals surface area contributed by atoms with Gasteiger partial charge in [-0.3, -0.25) is 10.1 Å². The second-order valence-electron chi connectivity index (χ2n) is 5.32. The van der Waals surface area contributed by atoms with Crippen molar-refractivity contribution in [2.24, 2.45) is 5.92 Å². The lowest BCUT2D eigenvalue weighted by atomic mass is 9.94. The fourth-order valence-corrected chi connectivity index (χ4v) is 2.63. The summed E-state index contributed by atoms with van der Waals surface area (Å²) in [6.07, 6.45) is 0.771. The van der Waals surface area contributed by atoms with Crippen molar-refractivity contribution in [2.45, 2.75) is 19.4 Å². The van der Waals surface area contributed by atoms with Crippen LogP contribution >= 0.6 is 0 Å². The maximum absolute atomic E-state index is 13.5. The number of piperidine rings is 1. The summed E-state index contributed by atoms with van der Waals surface area (Å²) in [6, 6.07) is 1.47. The van der Waals surface area contributed by atoms with Crippen LogP contribution in [0.4, 0.5) is 20.2 Å². The molecule has 1 saturated heterocycles. The fraction of sp³-hybridized carbons (Fsp3) is 0.538. The largest absolute Gasteiger partial charge is 0.376 e. The summed E-state index contributed by atoms with van der Waals surface area (Å²) >= 11 is 0. The molecule has 5 nitrogen and oxygen atoms in total. The first-order valence-electron chi connectivity index (χ1n) is 6.47. The fourth-order valence-electron chi connectivity index (χ4n) is 2.63. The van der Waals surface area contributed by atoms with Crippen molar-refractivity contribution < 1.29 is 13.7 Å². The summed E-state index contributed by atoms with van der Waals surface area (Å²) in [4.78, 5) is 12.3. The van der Waals surface area contributed by atoms with E-state index < -0.39 is 22.2 Å². The smallest absolute Gasteiger partial charge is 0.327 e. The molecule has 2 atom stereocenters. The van der Waals surface area contributed by atoms with E-state index in [4.69, 9.17) is 0 Å². The lowest BCUT2D eigenvalue weighted by Crippen LogP contribution is -2.43. The Balaban J connectivity index is 2.26. The van der Waals surface area contributed by atoms with Crippen molar-refractivity contribution >= 4 is 11.4 Å². The van der Waals surface area contributed by atoms with Gasteiger partial charge < -0.3 is 10.2 Å². The van der Waals surface area contributed by atoms with Gasteiger partial charge in [0.1, 0.15) is 11.5 Å². The van der Waals surface area contributed by atoms with Crippen molar-refractivity contribution in [2.75, 3.05) is 25.5 Å². The van der Waals surface area contributed by atoms with Gasteiger partial charge in [0, 0.05) is 24.7 Å². The number of nitrogens with zero attached hydrogens (tertiary/aromatic N) is 2. The summed E-state index contributed by atoms with van der Waals surface area (Å²) in [7, 11) is 2.00. The first-order chi connectivity index (χ1) is 9.38. The van der Waals surface area contributed by atoms with Gasteiger partial charge in [-0.15, -0.1) is 0 Å². The molecule has 1 aromatic carbocycles. The quantitative estimate of drug-likeness (QED) is 0.685. The minimum atomic E-state index is -1.15. The molecule has 1 heterocycles. The van der Waals surface area contributed by atoms with Crippen LogP contribution in [-0.4, -0.2) is 36.0 Å². The molecule has 0 spiro atoms. The van der Waals surface area contributed by atoms with Crippen LogP contribution in [0, 0.1) is 27.7 Å². The SMILES string of the molecule is CC1CN(C)CCC1Nc1cc(F)cc(F)c1[N+](=O)[O-]. The van der Waals surface area contributed by atoms with E-state index in [-0.39, 0.29) is 17.6 Å². The van der Waals surface area contributed by atoms with E-state index in [2.05, 4.69) is 10.2 Å². The van der Waals surface area contributed by atoms with Crippen LogP contribution in [0.25, 0.3) is 0 Å². The monoisotopic (exact) mass is 285 g/mol. The molecule has 110 valence electrons. The van der Waals surface area contributed by atoms with Crippen LogP contribution in [0.1, 0.15) is 13.3 Å². The van der Waals surface area contributed by atoms with Gasteiger partial charge >= 0.3 is 5.69 Å². The van der Waals surface area contributed by atoms with Crippen LogP contribution in [-0.2, 0) is 0 Å². The number of rotatable bonds is 3. The highest BCUT2D eigenvalue weighted by atomic mass is 19.1. The topological polar surface area (TPSA) is 58.4 Å². The maximum atomic E-state index is 13.5. The van der Waals surface area contributed by atoms with E-state index in [1.807, 2.05) is 14.0 Å². The molecular formula is C13H17F2N3O2. The Kier molecular flexibility index (Phi) is 4.17. The molecule has 1 N–H and O–H groups in total. The minimum Gasteiger partial charge on any atom is -0.376 e. The Hall–Kier alpha value is -1.76. The van der Waals surface area contributed by atoms with Crippen molar-refractivity contribution in [3.05, 3.63) is 33.9 Å². The second kappa shape index (κ2) is 5.70. The van der Waals surface area contributed by atoms with Gasteiger partial charge in [0.05, 0.1) is 4.92 Å². The third-order valence-electron chi connectivity index (χ3n) is 3.66. The van der Waals surface area contributed by atoms with E-state index in [0.29, 0.717) is 6.07 Å². The van der Waals surface area contributed by atoms with Crippen LogP contribution in [0.15, 0.2) is 12.1 Å². The number of hydrogen-bond donors (Lipinski definition) is 1. The molecule has 1 aromatic rings. The van der Waals surface area contributed by atoms with Gasteiger partial charge in [0.15, 0.2) is 0 Å². The van der Waals surface area contributed by atoms with E-state index in [0.717, 1.165) is 25.6 Å². The van der Waals surface area contributed by atoms with Gasteiger partial charge in [-0.25, -0.2) is 4.39 Å². The molecule has 0 bridgehead atoms. The average Bonchev–Trinajstić information content (AvgIpc) is 2.31. The van der Waals surface area contributed by atoms with E-state index in [1.165, 1.54) is 0 Å². The molecule has 2 unspecified atom stereocenters. The standard InChI is InChI=1S/C13H17F2N3O2/c1-8-7-17(2)4-3-11(8)16-12-6-9(14)5-10(15)13(12)18(19)20/h5-6,8,11,16H,3-4,7H2,1-2H3. The van der Waals surface area contributed by atoms with Crippen LogP contribution < -0.4 is 5.32 Å². The second-order valence-corrected chi connectivity index (χ2v) is 5.32. The van der Waals surface area contributed by atoms with Gasteiger partial charge in [0.25, 0.3) is 0 Å². The normalized spacial score (nSPS) is 23.6. The zero-order valence-corrected chi connectivity index (χ0v) is 11.4. The number of likely N-dealkylation sites (tertiary alicyclic amines) is 1. The number of anilines is 1. The van der Waals surface area contributed by atoms with Crippen molar-refractivity contribution in [3.63, 3.8) is 0 Å². The molecular weight excluding hydrogens is 268 g/mol. The Morgan fingerprint density at radius 1 is 1.45 bits per heavy atom. The number of nitro benzene ring substituents is 1. The number of hydrogen-bond acceptors (Lipinski definition) is 4. The van der Waals surface area contributed by atoms with E-state index in [1.54, 1.807) is 0 Å². The van der Waals surface area contributed by atoms with Crippen molar-refractivity contribution in [1.82, 2.24) is 4.90 Å². The Labute approximate surface area is 115 Å². The van der Waals surface area contributed by atoms with Gasteiger partial charge in [-0.1, -0.05) is 6.92 Å². The highest BCUT2D eigenvalue weighted by Crippen LogP contribution is 2.31. The van der Waals surface area contributed by atoms with E-state index in [9.17, 15) is 18.9 Å². The van der Waals surface area contributed by atoms with Crippen LogP contribution in [0.3, 0.4) is 0 Å². The van der Waals surface area contributed by atoms with E-state index >= 15 is 0 Å². The van der Waals surface area contributed by atoms with Gasteiger partial charge in [0.2, 0.25) is 5.82 Å². The molecule has 1 aliphatic rings. The number of benzene rings is 1. The summed E-state index contributed by atoms with van der Waals surface area (Å²) < 4.78 is 26.8. The number of nitrogens with one attached hydrogen (secondary N) is 1. The average molecular weight is 285 g/mol. The Morgan fingerprint density at radius 2 is 2.15 bits per heavy atom. The molecule has 0 aliphatic carbocycles. The van der Waals surface area contributed by atoms with Crippen LogP contribution in [0.2, 0.25) is 0 Å². The first-order valence-corrected chi connectivity index (χ1v) is 6.47. The molecule has 20 heavy (non-hydrogen) atoms. The maximum Gasteiger partial charge on any atom is 0.327 e. The zero-order chi connectivity index (χ0) is 14.9. The summed E-state index contributed by atoms with van der Waals surface area (Å²) in [5.74, 6) is -1.74. The molecule has 2 rings (SSSR count). The molecule has 0 aromatic heterocycles. The van der Waals surface area contributed by atoms with Gasteiger partial charge in [-0.05, 0) is 25.9 Å². The summed E-state index contributed by atoms with van der Waals surface area (Å²) in [6.45, 7) is 3.69. The molecule has 0 saturated carbocycles. The molecule has 1 aliphatic heterocycles. The highest BCUT2D eigenvalue weighted by molar-refractivity contribution is 5.62. The molecule has 7 heteroatoms. The lowest BCUT2D eigenvalue weighted by molar-refractivity contribution is -0.386. The number of nitro groups is 1. The summed E-state index contributed by atoms with van der Waals surface area (Å²) in [5.41, 5.74) is -0.786. The highest BCUT2D eigenvalue weighted by Gasteiger charge is 2.28. The molecule has 1 fully saturated rings. The van der Waals surface area contributed by atoms with Crippen molar-refractivity contribution in [1.29, 1.82) is 0 Å². The molecule has 0 radical (unpaired) electrons. The Bertz CT molecular complexity index is 525. The zero-order valence-electron chi connectivity index (χ0n) is 11.4. The minimum absolute atomic E-state index is 0.0360. The predicted molar refractivity (Wildman–Crippen MR) is 71.7 cm³/mol. The summed E-state index contributed by atoms with van der Waals surface area (Å²) in [5, 5.41) is 13.9. The lowest BCUT2D eigenvalue weighted by Gasteiger charge is -2.35. The Morgan fingerprint density at radius 3 is 2.75 bits per heavy atom. The third kappa shape index (κ3) is 3.04. The predicted octanol–water partition coefficient (Wildman–Crippen LogP) is 2.63. The van der Waals surface area contributed by atoms with Crippen molar-refractivity contribution in [3.8, 4) is 0 Å².